The molecular weight excluding hydrogens is 240 g/mol. The maximum absolute atomic E-state index is 2.72. The van der Waals surface area contributed by atoms with Crippen LogP contribution in [0.4, 0.5) is 0 Å². The van der Waals surface area contributed by atoms with Gasteiger partial charge in [-0.2, -0.15) is 0 Å². The first kappa shape index (κ1) is 12.5. The minimum absolute atomic E-state index is 0.613. The second-order valence-corrected chi connectivity index (χ2v) is 10.7. The van der Waals surface area contributed by atoms with E-state index in [4.69, 9.17) is 0 Å². The maximum Gasteiger partial charge on any atom is -0.0255 e. The first-order valence-corrected chi connectivity index (χ1v) is 9.32. The fourth-order valence-electron chi connectivity index (χ4n) is 8.94. The summed E-state index contributed by atoms with van der Waals surface area (Å²) < 4.78 is 0. The second-order valence-electron chi connectivity index (χ2n) is 10.7. The Balaban J connectivity index is 1.57. The van der Waals surface area contributed by atoms with Gasteiger partial charge in [-0.1, -0.05) is 34.1 Å². The smallest absolute Gasteiger partial charge is 0.0255 e. The van der Waals surface area contributed by atoms with Crippen LogP contribution in [-0.2, 0) is 0 Å². The van der Waals surface area contributed by atoms with Gasteiger partial charge in [-0.3, -0.25) is 0 Å². The Kier molecular flexibility index (Phi) is 1.99. The van der Waals surface area contributed by atoms with Gasteiger partial charge < -0.3 is 0 Å². The minimum Gasteiger partial charge on any atom is -0.0596 e. The monoisotopic (exact) mass is 272 g/mol. The molecule has 112 valence electrons. The second kappa shape index (κ2) is 3.18. The zero-order valence-electron chi connectivity index (χ0n) is 14.0. The molecule has 0 radical (unpaired) electrons. The lowest BCUT2D eigenvalue weighted by Gasteiger charge is -2.65. The summed E-state index contributed by atoms with van der Waals surface area (Å²) in [7, 11) is 0. The lowest BCUT2D eigenvalue weighted by Crippen LogP contribution is -2.57. The summed E-state index contributed by atoms with van der Waals surface area (Å²) in [6.45, 7) is 10.5. The normalized spacial score (nSPS) is 65.4. The number of hydrogen-bond acceptors (Lipinski definition) is 0. The highest BCUT2D eigenvalue weighted by molar-refractivity contribution is 5.26. The molecule has 0 nitrogen and oxygen atoms in total. The summed E-state index contributed by atoms with van der Waals surface area (Å²) in [4.78, 5) is 0. The summed E-state index contributed by atoms with van der Waals surface area (Å²) >= 11 is 0. The fourth-order valence-corrected chi connectivity index (χ4v) is 8.94. The van der Waals surface area contributed by atoms with Crippen LogP contribution in [0.3, 0.4) is 0 Å². The average molecular weight is 272 g/mol. The van der Waals surface area contributed by atoms with Gasteiger partial charge in [0.2, 0.25) is 0 Å². The van der Waals surface area contributed by atoms with Crippen molar-refractivity contribution >= 4 is 0 Å². The van der Waals surface area contributed by atoms with Crippen molar-refractivity contribution in [2.24, 2.45) is 45.3 Å². The number of fused-ring (bicyclic) bond motifs is 1. The van der Waals surface area contributed by atoms with E-state index in [-0.39, 0.29) is 0 Å². The van der Waals surface area contributed by atoms with Crippen LogP contribution in [0.1, 0.15) is 79.1 Å². The minimum atomic E-state index is 0.613. The molecule has 0 N–H and O–H groups in total. The van der Waals surface area contributed by atoms with E-state index >= 15 is 0 Å². The standard InChI is InChI=1S/C20H32/c1-17(2)7-5-8-18(3)15(17)6-9-20-11-14-13(10-16(18)20)19(14,4)12-20/h13-16H,5-12H2,1-4H3. The third-order valence-electron chi connectivity index (χ3n) is 9.66. The van der Waals surface area contributed by atoms with E-state index in [1.807, 2.05) is 0 Å². The Morgan fingerprint density at radius 2 is 1.60 bits per heavy atom. The van der Waals surface area contributed by atoms with Gasteiger partial charge >= 0.3 is 0 Å². The molecule has 6 fully saturated rings. The molecule has 7 unspecified atom stereocenters. The van der Waals surface area contributed by atoms with Crippen LogP contribution < -0.4 is 0 Å². The summed E-state index contributed by atoms with van der Waals surface area (Å²) in [5, 5.41) is 0. The molecule has 0 amide bonds. The van der Waals surface area contributed by atoms with Crippen molar-refractivity contribution in [2.75, 3.05) is 0 Å². The van der Waals surface area contributed by atoms with Crippen LogP contribution >= 0.6 is 0 Å². The molecule has 0 saturated heterocycles. The van der Waals surface area contributed by atoms with Crippen LogP contribution in [0.5, 0.6) is 0 Å². The summed E-state index contributed by atoms with van der Waals surface area (Å²) in [6, 6.07) is 0. The van der Waals surface area contributed by atoms with Crippen molar-refractivity contribution in [3.63, 3.8) is 0 Å². The van der Waals surface area contributed by atoms with Gasteiger partial charge in [0.1, 0.15) is 0 Å². The summed E-state index contributed by atoms with van der Waals surface area (Å²) in [6.07, 6.45) is 12.5. The first-order valence-electron chi connectivity index (χ1n) is 9.32. The predicted octanol–water partition coefficient (Wildman–Crippen LogP) is 5.67. The molecule has 0 aliphatic heterocycles. The van der Waals surface area contributed by atoms with Crippen molar-refractivity contribution in [1.29, 1.82) is 0 Å². The lowest BCUT2D eigenvalue weighted by molar-refractivity contribution is -0.160. The predicted molar refractivity (Wildman–Crippen MR) is 83.3 cm³/mol. The molecule has 0 aromatic carbocycles. The molecule has 6 aliphatic carbocycles. The Labute approximate surface area is 125 Å². The SMILES string of the molecule is CC1(C)CCCC2(C)C1CCC13CC4C(CC12)C4(C)C3. The largest absolute Gasteiger partial charge is 0.0596 e. The third kappa shape index (κ3) is 1.16. The molecule has 0 aromatic heterocycles. The van der Waals surface area contributed by atoms with Crippen LogP contribution in [0.15, 0.2) is 0 Å². The highest BCUT2D eigenvalue weighted by Crippen LogP contribution is 2.85. The molecule has 0 heteroatoms. The van der Waals surface area contributed by atoms with Crippen molar-refractivity contribution in [1.82, 2.24) is 0 Å². The Hall–Kier alpha value is 0. The number of rotatable bonds is 0. The van der Waals surface area contributed by atoms with E-state index in [1.165, 1.54) is 12.8 Å². The molecule has 6 aliphatic rings. The molecule has 7 atom stereocenters. The molecule has 0 heterocycles. The summed E-state index contributed by atoms with van der Waals surface area (Å²) in [5.41, 5.74) is 2.91. The Bertz CT molecular complexity index is 476. The Morgan fingerprint density at radius 1 is 0.800 bits per heavy atom. The quantitative estimate of drug-likeness (QED) is 0.533. The van der Waals surface area contributed by atoms with Crippen molar-refractivity contribution in [3.8, 4) is 0 Å². The van der Waals surface area contributed by atoms with Crippen molar-refractivity contribution < 1.29 is 0 Å². The van der Waals surface area contributed by atoms with E-state index in [0.29, 0.717) is 10.8 Å². The molecule has 20 heavy (non-hydrogen) atoms. The highest BCUT2D eigenvalue weighted by atomic mass is 14.8. The van der Waals surface area contributed by atoms with Crippen LogP contribution in [0.2, 0.25) is 0 Å². The molecular formula is C20H32. The van der Waals surface area contributed by atoms with Gasteiger partial charge in [-0.05, 0) is 90.3 Å². The topological polar surface area (TPSA) is 0 Å². The molecule has 6 rings (SSSR count). The van der Waals surface area contributed by atoms with Crippen molar-refractivity contribution in [2.45, 2.75) is 79.1 Å². The maximum atomic E-state index is 2.72. The zero-order valence-corrected chi connectivity index (χ0v) is 14.0. The fraction of sp³-hybridized carbons (Fsp3) is 1.00. The van der Waals surface area contributed by atoms with E-state index < -0.39 is 0 Å². The summed E-state index contributed by atoms with van der Waals surface area (Å²) in [5.74, 6) is 4.39. The lowest BCUT2D eigenvalue weighted by atomic mass is 9.40. The molecule has 0 aromatic rings. The van der Waals surface area contributed by atoms with Gasteiger partial charge in [0, 0.05) is 0 Å². The van der Waals surface area contributed by atoms with Crippen molar-refractivity contribution in [3.05, 3.63) is 0 Å². The Morgan fingerprint density at radius 3 is 2.30 bits per heavy atom. The highest BCUT2D eigenvalue weighted by Gasteiger charge is 2.78. The van der Waals surface area contributed by atoms with Gasteiger partial charge in [0.05, 0.1) is 0 Å². The van der Waals surface area contributed by atoms with E-state index in [1.54, 1.807) is 38.5 Å². The van der Waals surface area contributed by atoms with E-state index in [2.05, 4.69) is 27.7 Å². The van der Waals surface area contributed by atoms with Gasteiger partial charge in [-0.15, -0.1) is 0 Å². The van der Waals surface area contributed by atoms with Crippen LogP contribution in [-0.4, -0.2) is 0 Å². The van der Waals surface area contributed by atoms with Gasteiger partial charge in [-0.25, -0.2) is 0 Å². The van der Waals surface area contributed by atoms with E-state index in [0.717, 1.165) is 34.5 Å². The first-order chi connectivity index (χ1) is 9.32. The molecule has 4 bridgehead atoms. The van der Waals surface area contributed by atoms with Crippen LogP contribution in [0, 0.1) is 45.3 Å². The van der Waals surface area contributed by atoms with Gasteiger partial charge in [0.15, 0.2) is 0 Å². The zero-order chi connectivity index (χ0) is 14.0. The number of hydrogen-bond donors (Lipinski definition) is 0. The van der Waals surface area contributed by atoms with Gasteiger partial charge in [0.25, 0.3) is 0 Å². The van der Waals surface area contributed by atoms with E-state index in [9.17, 15) is 0 Å². The molecule has 6 saturated carbocycles. The van der Waals surface area contributed by atoms with Crippen LogP contribution in [0.25, 0.3) is 0 Å². The molecule has 1 spiro atoms. The average Bonchev–Trinajstić information content (AvgIpc) is 2.80. The third-order valence-corrected chi connectivity index (χ3v) is 9.66.